The van der Waals surface area contributed by atoms with Gasteiger partial charge < -0.3 is 4.74 Å². The number of hydrogen-bond donors (Lipinski definition) is 0. The molecule has 98 valence electrons. The van der Waals surface area contributed by atoms with Crippen LogP contribution in [-0.4, -0.2) is 13.1 Å². The van der Waals surface area contributed by atoms with E-state index in [1.54, 1.807) is 11.1 Å². The number of hydrogen-bond acceptors (Lipinski definition) is 2. The van der Waals surface area contributed by atoms with Crippen molar-refractivity contribution in [2.24, 2.45) is 5.92 Å². The van der Waals surface area contributed by atoms with Crippen LogP contribution in [-0.2, 0) is 9.53 Å². The number of rotatable bonds is 1. The Kier molecular flexibility index (Phi) is 3.27. The van der Waals surface area contributed by atoms with Crippen LogP contribution in [0.15, 0.2) is 22.3 Å². The molecule has 0 aromatic rings. The van der Waals surface area contributed by atoms with E-state index in [0.29, 0.717) is 5.92 Å². The van der Waals surface area contributed by atoms with Gasteiger partial charge in [0.25, 0.3) is 0 Å². The van der Waals surface area contributed by atoms with E-state index in [4.69, 9.17) is 4.74 Å². The Bertz CT molecular complexity index is 428. The Hall–Kier alpha value is -1.05. The normalized spacial score (nSPS) is 27.7. The molecule has 0 N–H and O–H groups in total. The summed E-state index contributed by atoms with van der Waals surface area (Å²) < 4.78 is 5.00. The first-order chi connectivity index (χ1) is 8.81. The van der Waals surface area contributed by atoms with Crippen LogP contribution in [0.5, 0.6) is 0 Å². The third-order valence-corrected chi connectivity index (χ3v) is 4.84. The first kappa shape index (κ1) is 12.0. The summed E-state index contributed by atoms with van der Waals surface area (Å²) >= 11 is 0. The zero-order valence-electron chi connectivity index (χ0n) is 11.3. The van der Waals surface area contributed by atoms with Crippen LogP contribution in [0.25, 0.3) is 0 Å². The van der Waals surface area contributed by atoms with Gasteiger partial charge in [-0.3, -0.25) is 0 Å². The highest BCUT2D eigenvalue weighted by atomic mass is 16.5. The second kappa shape index (κ2) is 4.91. The molecule has 0 aliphatic heterocycles. The van der Waals surface area contributed by atoms with E-state index in [1.165, 1.54) is 57.6 Å². The molecular formula is C16H22O2. The first-order valence-corrected chi connectivity index (χ1v) is 7.34. The molecule has 2 nitrogen and oxygen atoms in total. The van der Waals surface area contributed by atoms with Gasteiger partial charge in [-0.15, -0.1) is 0 Å². The first-order valence-electron chi connectivity index (χ1n) is 7.34. The van der Waals surface area contributed by atoms with Gasteiger partial charge in [-0.05, 0) is 68.4 Å². The van der Waals surface area contributed by atoms with Crippen molar-refractivity contribution >= 4 is 5.97 Å². The molecule has 2 heteroatoms. The summed E-state index contributed by atoms with van der Waals surface area (Å²) in [4.78, 5) is 12.0. The number of fused-ring (bicyclic) bond motifs is 2. The summed E-state index contributed by atoms with van der Waals surface area (Å²) in [7, 11) is 1.51. The molecular weight excluding hydrogens is 224 g/mol. The average molecular weight is 246 g/mol. The minimum atomic E-state index is -0.0750. The lowest BCUT2D eigenvalue weighted by Crippen LogP contribution is -2.24. The number of carbonyl (C=O) groups excluding carboxylic acids is 1. The maximum Gasteiger partial charge on any atom is 0.334 e. The zero-order chi connectivity index (χ0) is 12.5. The SMILES string of the molecule is COC(=O)C1=C2CCCCC2=C2CCCC[C@@H]2C1. The third kappa shape index (κ3) is 1.92. The van der Waals surface area contributed by atoms with Crippen molar-refractivity contribution in [1.29, 1.82) is 0 Å². The molecule has 3 aliphatic carbocycles. The number of esters is 1. The predicted octanol–water partition coefficient (Wildman–Crippen LogP) is 3.92. The minimum absolute atomic E-state index is 0.0750. The van der Waals surface area contributed by atoms with Gasteiger partial charge in [0.1, 0.15) is 0 Å². The van der Waals surface area contributed by atoms with Crippen LogP contribution in [0, 0.1) is 5.92 Å². The highest BCUT2D eigenvalue weighted by Crippen LogP contribution is 2.47. The van der Waals surface area contributed by atoms with Crippen molar-refractivity contribution in [3.8, 4) is 0 Å². The van der Waals surface area contributed by atoms with Crippen LogP contribution < -0.4 is 0 Å². The standard InChI is InChI=1S/C16H22O2/c1-18-16(17)15-10-11-6-2-3-7-12(11)13-8-4-5-9-14(13)15/h11H,2-10H2,1H3/t11-/m1/s1. The molecule has 3 rings (SSSR count). The number of allylic oxidation sites excluding steroid dienone is 3. The third-order valence-electron chi connectivity index (χ3n) is 4.84. The summed E-state index contributed by atoms with van der Waals surface area (Å²) in [5.74, 6) is 0.568. The van der Waals surface area contributed by atoms with Crippen molar-refractivity contribution < 1.29 is 9.53 Å². The maximum absolute atomic E-state index is 12.0. The van der Waals surface area contributed by atoms with Crippen molar-refractivity contribution in [3.05, 3.63) is 22.3 Å². The fourth-order valence-electron chi connectivity index (χ4n) is 4.00. The molecule has 0 unspecified atom stereocenters. The smallest absolute Gasteiger partial charge is 0.334 e. The fraction of sp³-hybridized carbons (Fsp3) is 0.688. The monoisotopic (exact) mass is 246 g/mol. The van der Waals surface area contributed by atoms with Gasteiger partial charge in [0.05, 0.1) is 7.11 Å². The van der Waals surface area contributed by atoms with E-state index in [0.717, 1.165) is 18.4 Å². The molecule has 0 amide bonds. The van der Waals surface area contributed by atoms with Crippen LogP contribution in [0.4, 0.5) is 0 Å². The molecule has 0 spiro atoms. The van der Waals surface area contributed by atoms with Crippen LogP contribution in [0.2, 0.25) is 0 Å². The topological polar surface area (TPSA) is 26.3 Å². The second-order valence-electron chi connectivity index (χ2n) is 5.81. The zero-order valence-corrected chi connectivity index (χ0v) is 11.3. The van der Waals surface area contributed by atoms with E-state index in [9.17, 15) is 4.79 Å². The molecule has 18 heavy (non-hydrogen) atoms. The number of carbonyl (C=O) groups is 1. The average Bonchev–Trinajstić information content (AvgIpc) is 2.45. The Labute approximate surface area is 109 Å². The lowest BCUT2D eigenvalue weighted by Gasteiger charge is -2.36. The molecule has 0 radical (unpaired) electrons. The highest BCUT2D eigenvalue weighted by Gasteiger charge is 2.34. The van der Waals surface area contributed by atoms with Gasteiger partial charge in [0.2, 0.25) is 0 Å². The van der Waals surface area contributed by atoms with Gasteiger partial charge in [-0.25, -0.2) is 4.79 Å². The van der Waals surface area contributed by atoms with Gasteiger partial charge in [0.15, 0.2) is 0 Å². The fourth-order valence-corrected chi connectivity index (χ4v) is 4.00. The Balaban J connectivity index is 2.04. The Morgan fingerprint density at radius 2 is 1.78 bits per heavy atom. The van der Waals surface area contributed by atoms with Gasteiger partial charge in [0, 0.05) is 5.57 Å². The van der Waals surface area contributed by atoms with Gasteiger partial charge in [-0.1, -0.05) is 12.0 Å². The van der Waals surface area contributed by atoms with E-state index in [-0.39, 0.29) is 5.97 Å². The number of methoxy groups -OCH3 is 1. The molecule has 0 heterocycles. The molecule has 0 bridgehead atoms. The second-order valence-corrected chi connectivity index (χ2v) is 5.81. The number of ether oxygens (including phenoxy) is 1. The van der Waals surface area contributed by atoms with E-state index in [1.807, 2.05) is 0 Å². The van der Waals surface area contributed by atoms with Crippen molar-refractivity contribution in [2.75, 3.05) is 7.11 Å². The Morgan fingerprint density at radius 1 is 1.06 bits per heavy atom. The quantitative estimate of drug-likeness (QED) is 0.655. The van der Waals surface area contributed by atoms with E-state index < -0.39 is 0 Å². The van der Waals surface area contributed by atoms with Gasteiger partial charge in [-0.2, -0.15) is 0 Å². The lowest BCUT2D eigenvalue weighted by atomic mass is 9.68. The molecule has 1 atom stereocenters. The molecule has 3 aliphatic rings. The summed E-state index contributed by atoms with van der Waals surface area (Å²) in [6.07, 6.45) is 11.0. The molecule has 2 saturated carbocycles. The van der Waals surface area contributed by atoms with Crippen molar-refractivity contribution in [1.82, 2.24) is 0 Å². The maximum atomic E-state index is 12.0. The van der Waals surface area contributed by atoms with Crippen molar-refractivity contribution in [2.45, 2.75) is 57.8 Å². The molecule has 0 aromatic carbocycles. The predicted molar refractivity (Wildman–Crippen MR) is 71.1 cm³/mol. The largest absolute Gasteiger partial charge is 0.466 e. The lowest BCUT2D eigenvalue weighted by molar-refractivity contribution is -0.136. The van der Waals surface area contributed by atoms with Crippen LogP contribution in [0.1, 0.15) is 57.8 Å². The van der Waals surface area contributed by atoms with Crippen LogP contribution in [0.3, 0.4) is 0 Å². The van der Waals surface area contributed by atoms with E-state index in [2.05, 4.69) is 0 Å². The summed E-state index contributed by atoms with van der Waals surface area (Å²) in [6, 6.07) is 0. The van der Waals surface area contributed by atoms with Gasteiger partial charge >= 0.3 is 5.97 Å². The molecule has 0 saturated heterocycles. The summed E-state index contributed by atoms with van der Waals surface area (Å²) in [6.45, 7) is 0. The Morgan fingerprint density at radius 3 is 2.56 bits per heavy atom. The van der Waals surface area contributed by atoms with E-state index >= 15 is 0 Å². The highest BCUT2D eigenvalue weighted by molar-refractivity contribution is 5.91. The minimum Gasteiger partial charge on any atom is -0.466 e. The molecule has 0 aromatic heterocycles. The van der Waals surface area contributed by atoms with Crippen molar-refractivity contribution in [3.63, 3.8) is 0 Å². The molecule has 2 fully saturated rings. The summed E-state index contributed by atoms with van der Waals surface area (Å²) in [5, 5.41) is 0. The summed E-state index contributed by atoms with van der Waals surface area (Å²) in [5.41, 5.74) is 5.62. The van der Waals surface area contributed by atoms with Crippen LogP contribution >= 0.6 is 0 Å².